The molecule has 1 atom stereocenters. The fourth-order valence-electron chi connectivity index (χ4n) is 3.99. The summed E-state index contributed by atoms with van der Waals surface area (Å²) in [6.45, 7) is 12.6. The average molecular weight is 495 g/mol. The van der Waals surface area contributed by atoms with Crippen LogP contribution >= 0.6 is 24.0 Å². The van der Waals surface area contributed by atoms with E-state index in [0.717, 1.165) is 38.6 Å². The molecule has 0 spiro atoms. The van der Waals surface area contributed by atoms with Crippen LogP contribution in [0.3, 0.4) is 0 Å². The summed E-state index contributed by atoms with van der Waals surface area (Å²) in [6, 6.07) is 8.64. The van der Waals surface area contributed by atoms with Crippen molar-refractivity contribution >= 4 is 29.9 Å². The molecule has 0 aliphatic carbocycles. The Kier molecular flexibility index (Phi) is 7.92. The molecule has 0 amide bonds. The second-order valence-corrected chi connectivity index (χ2v) is 8.25. The lowest BCUT2D eigenvalue weighted by atomic mass is 9.82. The summed E-state index contributed by atoms with van der Waals surface area (Å²) in [7, 11) is 1.98. The first-order chi connectivity index (χ1) is 12.9. The Hall–Kier alpha value is -1.57. The molecule has 1 aliphatic rings. The summed E-state index contributed by atoms with van der Waals surface area (Å²) < 4.78 is 1.89. The maximum absolute atomic E-state index is 5.03. The van der Waals surface area contributed by atoms with Crippen LogP contribution in [0.15, 0.2) is 41.7 Å². The molecule has 2 heterocycles. The Morgan fingerprint density at radius 1 is 1.32 bits per heavy atom. The first-order valence-electron chi connectivity index (χ1n) is 9.98. The molecule has 1 saturated heterocycles. The summed E-state index contributed by atoms with van der Waals surface area (Å²) in [4.78, 5) is 7.43. The van der Waals surface area contributed by atoms with Gasteiger partial charge in [0.2, 0.25) is 0 Å². The van der Waals surface area contributed by atoms with Crippen LogP contribution in [0.5, 0.6) is 0 Å². The van der Waals surface area contributed by atoms with Crippen molar-refractivity contribution in [1.82, 2.24) is 20.0 Å². The van der Waals surface area contributed by atoms with Crippen LogP contribution in [0.2, 0.25) is 0 Å². The monoisotopic (exact) mass is 495 g/mol. The van der Waals surface area contributed by atoms with Crippen molar-refractivity contribution in [2.45, 2.75) is 45.4 Å². The van der Waals surface area contributed by atoms with E-state index in [1.165, 1.54) is 16.7 Å². The van der Waals surface area contributed by atoms with Gasteiger partial charge in [0.1, 0.15) is 0 Å². The van der Waals surface area contributed by atoms with Crippen LogP contribution in [-0.2, 0) is 12.5 Å². The van der Waals surface area contributed by atoms with Gasteiger partial charge in [-0.3, -0.25) is 9.67 Å². The van der Waals surface area contributed by atoms with Crippen LogP contribution < -0.4 is 5.32 Å². The van der Waals surface area contributed by atoms with Gasteiger partial charge >= 0.3 is 0 Å². The van der Waals surface area contributed by atoms with Gasteiger partial charge in [0.25, 0.3) is 0 Å². The predicted octanol–water partition coefficient (Wildman–Crippen LogP) is 4.08. The highest BCUT2D eigenvalue weighted by molar-refractivity contribution is 14.0. The van der Waals surface area contributed by atoms with Crippen molar-refractivity contribution in [3.63, 3.8) is 0 Å². The van der Waals surface area contributed by atoms with Crippen LogP contribution in [0.4, 0.5) is 0 Å². The number of aromatic nitrogens is 2. The van der Waals surface area contributed by atoms with Gasteiger partial charge in [0, 0.05) is 44.2 Å². The molecular formula is C22H34IN5. The maximum Gasteiger partial charge on any atom is 0.193 e. The van der Waals surface area contributed by atoms with E-state index in [-0.39, 0.29) is 29.4 Å². The number of benzene rings is 1. The van der Waals surface area contributed by atoms with Crippen molar-refractivity contribution in [3.05, 3.63) is 53.3 Å². The highest BCUT2D eigenvalue weighted by atomic mass is 127. The number of hydrogen-bond donors (Lipinski definition) is 1. The number of nitrogens with one attached hydrogen (secondary N) is 1. The Morgan fingerprint density at radius 2 is 2.07 bits per heavy atom. The summed E-state index contributed by atoms with van der Waals surface area (Å²) in [5.74, 6) is 1.57. The summed E-state index contributed by atoms with van der Waals surface area (Å²) >= 11 is 0. The SMILES string of the molecule is CCNC(=NCC(C)(C)c1ccccc1C)N1CCC(c2cnn(C)c2)C1.I. The molecular weight excluding hydrogens is 461 g/mol. The zero-order chi connectivity index (χ0) is 19.4. The van der Waals surface area contributed by atoms with E-state index in [4.69, 9.17) is 4.99 Å². The van der Waals surface area contributed by atoms with Gasteiger partial charge in [-0.15, -0.1) is 24.0 Å². The number of likely N-dealkylation sites (tertiary alicyclic amines) is 1. The highest BCUT2D eigenvalue weighted by Gasteiger charge is 2.28. The topological polar surface area (TPSA) is 45.5 Å². The molecule has 6 heteroatoms. The zero-order valence-corrected chi connectivity index (χ0v) is 20.1. The lowest BCUT2D eigenvalue weighted by Crippen LogP contribution is -2.41. The molecule has 3 rings (SSSR count). The third-order valence-corrected chi connectivity index (χ3v) is 5.52. The molecule has 1 aromatic heterocycles. The molecule has 1 aliphatic heterocycles. The van der Waals surface area contributed by atoms with Crippen molar-refractivity contribution in [2.24, 2.45) is 12.0 Å². The maximum atomic E-state index is 5.03. The Balaban J connectivity index is 0.00000280. The van der Waals surface area contributed by atoms with E-state index in [0.29, 0.717) is 5.92 Å². The van der Waals surface area contributed by atoms with Gasteiger partial charge in [0.05, 0.1) is 12.7 Å². The van der Waals surface area contributed by atoms with Crippen LogP contribution in [0.1, 0.15) is 49.8 Å². The minimum Gasteiger partial charge on any atom is -0.357 e. The molecule has 1 fully saturated rings. The molecule has 0 saturated carbocycles. The second-order valence-electron chi connectivity index (χ2n) is 8.25. The molecule has 5 nitrogen and oxygen atoms in total. The van der Waals surface area contributed by atoms with Crippen molar-refractivity contribution in [2.75, 3.05) is 26.2 Å². The van der Waals surface area contributed by atoms with Gasteiger partial charge in [-0.05, 0) is 37.0 Å². The normalized spacial score (nSPS) is 17.5. The number of halogens is 1. The van der Waals surface area contributed by atoms with Crippen LogP contribution in [-0.4, -0.2) is 46.8 Å². The van der Waals surface area contributed by atoms with E-state index in [1.54, 1.807) is 0 Å². The molecule has 0 bridgehead atoms. The van der Waals surface area contributed by atoms with E-state index < -0.39 is 0 Å². The van der Waals surface area contributed by atoms with Crippen molar-refractivity contribution in [3.8, 4) is 0 Å². The largest absolute Gasteiger partial charge is 0.357 e. The number of aliphatic imine (C=N–C) groups is 1. The molecule has 1 unspecified atom stereocenters. The van der Waals surface area contributed by atoms with Gasteiger partial charge < -0.3 is 10.2 Å². The quantitative estimate of drug-likeness (QED) is 0.387. The average Bonchev–Trinajstić information content (AvgIpc) is 3.28. The smallest absolute Gasteiger partial charge is 0.193 e. The third kappa shape index (κ3) is 5.27. The first-order valence-corrected chi connectivity index (χ1v) is 9.98. The fraction of sp³-hybridized carbons (Fsp3) is 0.545. The minimum absolute atomic E-state index is 0. The minimum atomic E-state index is 0. The second kappa shape index (κ2) is 9.76. The lowest BCUT2D eigenvalue weighted by Gasteiger charge is -2.27. The van der Waals surface area contributed by atoms with Gasteiger partial charge in [-0.1, -0.05) is 38.1 Å². The lowest BCUT2D eigenvalue weighted by molar-refractivity contribution is 0.473. The predicted molar refractivity (Wildman–Crippen MR) is 128 cm³/mol. The standard InChI is InChI=1S/C22H33N5.HI/c1-6-23-21(24-16-22(3,4)20-10-8-7-9-17(20)2)27-12-11-18(15-27)19-13-25-26(5)14-19;/h7-10,13-14,18H,6,11-12,15-16H2,1-5H3,(H,23,24);1H. The number of aryl methyl sites for hydroxylation is 2. The van der Waals surface area contributed by atoms with Crippen LogP contribution in [0, 0.1) is 6.92 Å². The van der Waals surface area contributed by atoms with Gasteiger partial charge in [-0.2, -0.15) is 5.10 Å². The Morgan fingerprint density at radius 3 is 2.71 bits per heavy atom. The van der Waals surface area contributed by atoms with E-state index in [1.807, 2.05) is 17.9 Å². The van der Waals surface area contributed by atoms with Crippen LogP contribution in [0.25, 0.3) is 0 Å². The summed E-state index contributed by atoms with van der Waals surface area (Å²) in [6.07, 6.45) is 5.29. The summed E-state index contributed by atoms with van der Waals surface area (Å²) in [5, 5.41) is 7.83. The molecule has 1 N–H and O–H groups in total. The number of hydrogen-bond acceptors (Lipinski definition) is 2. The van der Waals surface area contributed by atoms with E-state index in [9.17, 15) is 0 Å². The fourth-order valence-corrected chi connectivity index (χ4v) is 3.99. The van der Waals surface area contributed by atoms with Crippen molar-refractivity contribution in [1.29, 1.82) is 0 Å². The molecule has 1 aromatic carbocycles. The summed E-state index contributed by atoms with van der Waals surface area (Å²) in [5.41, 5.74) is 4.05. The highest BCUT2D eigenvalue weighted by Crippen LogP contribution is 2.28. The Bertz CT molecular complexity index is 796. The number of guanidine groups is 1. The van der Waals surface area contributed by atoms with E-state index in [2.05, 4.69) is 73.5 Å². The number of nitrogens with zero attached hydrogens (tertiary/aromatic N) is 4. The third-order valence-electron chi connectivity index (χ3n) is 5.52. The van der Waals surface area contributed by atoms with Gasteiger partial charge in [-0.25, -0.2) is 0 Å². The first kappa shape index (κ1) is 22.7. The molecule has 154 valence electrons. The zero-order valence-electron chi connectivity index (χ0n) is 17.8. The van der Waals surface area contributed by atoms with Crippen molar-refractivity contribution < 1.29 is 0 Å². The number of rotatable bonds is 5. The van der Waals surface area contributed by atoms with E-state index >= 15 is 0 Å². The van der Waals surface area contributed by atoms with Gasteiger partial charge in [0.15, 0.2) is 5.96 Å². The Labute approximate surface area is 186 Å². The molecule has 2 aromatic rings. The molecule has 28 heavy (non-hydrogen) atoms. The molecule has 0 radical (unpaired) electrons.